The molecule has 1 rings (SSSR count). The maximum absolute atomic E-state index is 11.0. The van der Waals surface area contributed by atoms with Crippen molar-refractivity contribution in [2.24, 2.45) is 11.8 Å². The summed E-state index contributed by atoms with van der Waals surface area (Å²) >= 11 is 0. The van der Waals surface area contributed by atoms with Gasteiger partial charge in [0, 0.05) is 25.7 Å². The quantitative estimate of drug-likeness (QED) is 0.457. The smallest absolute Gasteiger partial charge is 0.303 e. The van der Waals surface area contributed by atoms with Gasteiger partial charge in [-0.25, -0.2) is 0 Å². The number of hydrogen-bond acceptors (Lipinski definition) is 5. The molecule has 1 N–H and O–H groups in total. The molecule has 1 heterocycles. The van der Waals surface area contributed by atoms with Crippen LogP contribution in [0.5, 0.6) is 0 Å². The Bertz CT molecular complexity index is 305. The van der Waals surface area contributed by atoms with Crippen LogP contribution < -0.4 is 0 Å². The van der Waals surface area contributed by atoms with Gasteiger partial charge in [0.15, 0.2) is 5.90 Å². The van der Waals surface area contributed by atoms with Crippen LogP contribution in [0.15, 0.2) is 0 Å². The third kappa shape index (κ3) is 3.43. The van der Waals surface area contributed by atoms with E-state index in [4.69, 9.17) is 19.6 Å². The zero-order valence-electron chi connectivity index (χ0n) is 11.0. The predicted molar refractivity (Wildman–Crippen MR) is 62.7 cm³/mol. The van der Waals surface area contributed by atoms with E-state index in [0.717, 1.165) is 0 Å². The molecule has 0 amide bonds. The minimum atomic E-state index is -0.440. The van der Waals surface area contributed by atoms with Crippen molar-refractivity contribution in [2.45, 2.75) is 53.1 Å². The lowest BCUT2D eigenvalue weighted by atomic mass is 9.85. The summed E-state index contributed by atoms with van der Waals surface area (Å²) in [6.07, 6.45) is -0.924. The minimum absolute atomic E-state index is 0.0656. The van der Waals surface area contributed by atoms with Gasteiger partial charge < -0.3 is 14.2 Å². The SMILES string of the molecule is CC(=N)O[C@H]1OC(C)[C@H](OC(C)=O)C(C)[C@H]1C. The molecule has 0 radical (unpaired) electrons. The molecular weight excluding hydrogens is 222 g/mol. The van der Waals surface area contributed by atoms with Crippen LogP contribution in [0.4, 0.5) is 0 Å². The summed E-state index contributed by atoms with van der Waals surface area (Å²) in [4.78, 5) is 11.0. The highest BCUT2D eigenvalue weighted by Crippen LogP contribution is 2.33. The van der Waals surface area contributed by atoms with Crippen molar-refractivity contribution >= 4 is 11.9 Å². The van der Waals surface area contributed by atoms with Crippen LogP contribution in [0.1, 0.15) is 34.6 Å². The second kappa shape index (κ2) is 5.49. The van der Waals surface area contributed by atoms with E-state index in [-0.39, 0.29) is 35.9 Å². The van der Waals surface area contributed by atoms with Crippen molar-refractivity contribution in [3.8, 4) is 0 Å². The zero-order valence-corrected chi connectivity index (χ0v) is 11.0. The first-order valence-corrected chi connectivity index (χ1v) is 5.87. The normalized spacial score (nSPS) is 37.4. The fourth-order valence-corrected chi connectivity index (χ4v) is 2.09. The fourth-order valence-electron chi connectivity index (χ4n) is 2.09. The van der Waals surface area contributed by atoms with Gasteiger partial charge in [-0.3, -0.25) is 10.2 Å². The Kier molecular flexibility index (Phi) is 4.51. The van der Waals surface area contributed by atoms with E-state index in [2.05, 4.69) is 0 Å². The average molecular weight is 243 g/mol. The van der Waals surface area contributed by atoms with Crippen LogP contribution in [0.3, 0.4) is 0 Å². The lowest BCUT2D eigenvalue weighted by Gasteiger charge is -2.42. The van der Waals surface area contributed by atoms with Crippen LogP contribution >= 0.6 is 0 Å². The molecule has 0 aliphatic carbocycles. The van der Waals surface area contributed by atoms with E-state index in [0.29, 0.717) is 0 Å². The lowest BCUT2D eigenvalue weighted by molar-refractivity contribution is -0.239. The molecule has 0 aromatic rings. The monoisotopic (exact) mass is 243 g/mol. The topological polar surface area (TPSA) is 68.6 Å². The van der Waals surface area contributed by atoms with E-state index >= 15 is 0 Å². The third-order valence-electron chi connectivity index (χ3n) is 3.18. The average Bonchev–Trinajstić information content (AvgIpc) is 2.20. The molecule has 5 nitrogen and oxygen atoms in total. The number of carbonyl (C=O) groups is 1. The summed E-state index contributed by atoms with van der Waals surface area (Å²) in [5, 5.41) is 7.33. The molecule has 17 heavy (non-hydrogen) atoms. The third-order valence-corrected chi connectivity index (χ3v) is 3.18. The van der Waals surface area contributed by atoms with Gasteiger partial charge in [0.05, 0.1) is 6.10 Å². The first kappa shape index (κ1) is 14.0. The second-order valence-corrected chi connectivity index (χ2v) is 4.68. The Morgan fingerprint density at radius 1 is 1.12 bits per heavy atom. The van der Waals surface area contributed by atoms with Crippen LogP contribution in [-0.4, -0.2) is 30.4 Å². The van der Waals surface area contributed by atoms with Crippen molar-refractivity contribution in [2.75, 3.05) is 0 Å². The Morgan fingerprint density at radius 2 is 1.71 bits per heavy atom. The lowest BCUT2D eigenvalue weighted by Crippen LogP contribution is -2.50. The molecule has 1 saturated heterocycles. The fraction of sp³-hybridized carbons (Fsp3) is 0.833. The predicted octanol–water partition coefficient (Wildman–Crippen LogP) is 1.95. The summed E-state index contributed by atoms with van der Waals surface area (Å²) in [7, 11) is 0. The van der Waals surface area contributed by atoms with Crippen LogP contribution in [0.2, 0.25) is 0 Å². The molecule has 1 fully saturated rings. The maximum Gasteiger partial charge on any atom is 0.303 e. The Hall–Kier alpha value is -1.10. The number of esters is 1. The largest absolute Gasteiger partial charge is 0.460 e. The molecule has 98 valence electrons. The molecule has 2 unspecified atom stereocenters. The first-order chi connectivity index (χ1) is 7.82. The highest BCUT2D eigenvalue weighted by molar-refractivity contribution is 5.69. The second-order valence-electron chi connectivity index (χ2n) is 4.68. The van der Waals surface area contributed by atoms with Crippen molar-refractivity contribution in [3.63, 3.8) is 0 Å². The molecule has 0 spiro atoms. The Morgan fingerprint density at radius 3 is 2.18 bits per heavy atom. The van der Waals surface area contributed by atoms with E-state index in [1.54, 1.807) is 6.92 Å². The van der Waals surface area contributed by atoms with Gasteiger partial charge in [-0.2, -0.15) is 0 Å². The van der Waals surface area contributed by atoms with Gasteiger partial charge in [0.25, 0.3) is 0 Å². The zero-order chi connectivity index (χ0) is 13.2. The number of nitrogens with one attached hydrogen (secondary N) is 1. The highest BCUT2D eigenvalue weighted by atomic mass is 16.7. The van der Waals surface area contributed by atoms with Gasteiger partial charge in [0.1, 0.15) is 6.10 Å². The Labute approximate surface area is 102 Å². The molecule has 0 aromatic carbocycles. The van der Waals surface area contributed by atoms with Gasteiger partial charge in [-0.15, -0.1) is 0 Å². The van der Waals surface area contributed by atoms with E-state index in [1.165, 1.54) is 6.92 Å². The molecule has 0 saturated carbocycles. The highest BCUT2D eigenvalue weighted by Gasteiger charge is 2.42. The van der Waals surface area contributed by atoms with E-state index in [9.17, 15) is 4.79 Å². The van der Waals surface area contributed by atoms with Crippen molar-refractivity contribution in [1.82, 2.24) is 0 Å². The van der Waals surface area contributed by atoms with Gasteiger partial charge in [-0.1, -0.05) is 13.8 Å². The van der Waals surface area contributed by atoms with Gasteiger partial charge in [0.2, 0.25) is 6.29 Å². The number of ether oxygens (including phenoxy) is 3. The standard InChI is InChI=1S/C12H21NO4/c1-6-7(2)12(16-9(4)13)15-8(3)11(6)17-10(5)14/h6-8,11-13H,1-5H3/t6?,7-,8?,11-,12-/m1/s1. The molecule has 5 heteroatoms. The molecule has 0 bridgehead atoms. The minimum Gasteiger partial charge on any atom is -0.460 e. The number of rotatable bonds is 2. The van der Waals surface area contributed by atoms with Crippen LogP contribution in [0, 0.1) is 17.2 Å². The Balaban J connectivity index is 2.72. The van der Waals surface area contributed by atoms with Gasteiger partial charge >= 0.3 is 5.97 Å². The maximum atomic E-state index is 11.0. The van der Waals surface area contributed by atoms with E-state index < -0.39 is 6.29 Å². The molecule has 1 aliphatic rings. The van der Waals surface area contributed by atoms with Gasteiger partial charge in [-0.05, 0) is 6.92 Å². The van der Waals surface area contributed by atoms with Crippen molar-refractivity contribution < 1.29 is 19.0 Å². The summed E-state index contributed by atoms with van der Waals surface area (Å²) < 4.78 is 16.2. The summed E-state index contributed by atoms with van der Waals surface area (Å²) in [6.45, 7) is 8.80. The molecular formula is C12H21NO4. The van der Waals surface area contributed by atoms with E-state index in [1.807, 2.05) is 20.8 Å². The van der Waals surface area contributed by atoms with Crippen molar-refractivity contribution in [1.29, 1.82) is 5.41 Å². The molecule has 0 aromatic heterocycles. The van der Waals surface area contributed by atoms with Crippen LogP contribution in [-0.2, 0) is 19.0 Å². The first-order valence-electron chi connectivity index (χ1n) is 5.87. The molecule has 5 atom stereocenters. The summed E-state index contributed by atoms with van der Waals surface area (Å²) in [5.74, 6) is 0.0298. The number of carbonyl (C=O) groups excluding carboxylic acids is 1. The van der Waals surface area contributed by atoms with Crippen molar-refractivity contribution in [3.05, 3.63) is 0 Å². The molecule has 1 aliphatic heterocycles. The number of hydrogen-bond donors (Lipinski definition) is 1. The summed E-state index contributed by atoms with van der Waals surface area (Å²) in [5.41, 5.74) is 0. The summed E-state index contributed by atoms with van der Waals surface area (Å²) in [6, 6.07) is 0. The van der Waals surface area contributed by atoms with Crippen LogP contribution in [0.25, 0.3) is 0 Å².